The normalized spacial score (nSPS) is 12.5. The number of aromatic nitrogens is 6. The minimum absolute atomic E-state index is 0.204. The molecular formula is C18H5F7N6. The van der Waals surface area contributed by atoms with E-state index < -0.39 is 68.6 Å². The number of halogens is 7. The molecule has 5 aromatic rings. The number of hydrogen-bond donors (Lipinski definition) is 0. The van der Waals surface area contributed by atoms with Gasteiger partial charge in [-0.2, -0.15) is 30.7 Å². The maximum absolute atomic E-state index is 13.8. The Morgan fingerprint density at radius 1 is 0.548 bits per heavy atom. The Bertz CT molecular complexity index is 1580. The second-order valence-electron chi connectivity index (χ2n) is 6.60. The SMILES string of the molecule is Cc1cc(C(F)(F)F)c2nc3c4nc(F)c(F)nc4c4nc(F)c(F)nc4c3nc2c1. The molecule has 0 amide bonds. The van der Waals surface area contributed by atoms with Gasteiger partial charge in [-0.05, 0) is 24.6 Å². The Kier molecular flexibility index (Phi) is 3.79. The van der Waals surface area contributed by atoms with Gasteiger partial charge >= 0.3 is 6.18 Å². The summed E-state index contributed by atoms with van der Waals surface area (Å²) in [6, 6.07) is 2.13. The van der Waals surface area contributed by atoms with E-state index in [1.165, 1.54) is 13.0 Å². The maximum atomic E-state index is 13.8. The molecule has 2 aromatic carbocycles. The summed E-state index contributed by atoms with van der Waals surface area (Å²) in [5.41, 5.74) is -4.62. The number of fused-ring (bicyclic) bond motifs is 7. The molecule has 0 spiro atoms. The summed E-state index contributed by atoms with van der Waals surface area (Å²) in [7, 11) is 0. The lowest BCUT2D eigenvalue weighted by Crippen LogP contribution is -2.09. The molecule has 3 heterocycles. The van der Waals surface area contributed by atoms with E-state index in [1.54, 1.807) is 0 Å². The van der Waals surface area contributed by atoms with E-state index in [4.69, 9.17) is 0 Å². The summed E-state index contributed by atoms with van der Waals surface area (Å²) in [6.07, 6.45) is -4.81. The quantitative estimate of drug-likeness (QED) is 0.201. The Labute approximate surface area is 165 Å². The van der Waals surface area contributed by atoms with Crippen molar-refractivity contribution < 1.29 is 30.7 Å². The van der Waals surface area contributed by atoms with Crippen molar-refractivity contribution in [1.29, 1.82) is 0 Å². The highest BCUT2D eigenvalue weighted by Crippen LogP contribution is 2.37. The standard InChI is InChI=1S/C18H5F7N6/c1-4-2-5(18(23,24)25)7-6(3-4)26-8-9(27-7)11-13(31-17(22)15(20)29-11)12-10(8)28-14(19)16(21)30-12/h2-3H,1H3. The van der Waals surface area contributed by atoms with Gasteiger partial charge in [-0.3, -0.25) is 0 Å². The molecule has 6 nitrogen and oxygen atoms in total. The molecule has 0 aliphatic heterocycles. The van der Waals surface area contributed by atoms with Gasteiger partial charge in [0, 0.05) is 0 Å². The van der Waals surface area contributed by atoms with E-state index in [1.807, 2.05) is 0 Å². The molecule has 0 bridgehead atoms. The zero-order chi connectivity index (χ0) is 22.2. The topological polar surface area (TPSA) is 77.3 Å². The van der Waals surface area contributed by atoms with Gasteiger partial charge in [-0.15, -0.1) is 0 Å². The molecule has 0 radical (unpaired) electrons. The van der Waals surface area contributed by atoms with Crippen LogP contribution in [0.25, 0.3) is 44.1 Å². The fourth-order valence-corrected chi connectivity index (χ4v) is 3.30. The smallest absolute Gasteiger partial charge is 0.242 e. The summed E-state index contributed by atoms with van der Waals surface area (Å²) in [4.78, 5) is 21.4. The second kappa shape index (κ2) is 6.12. The van der Waals surface area contributed by atoms with E-state index in [9.17, 15) is 30.7 Å². The highest BCUT2D eigenvalue weighted by atomic mass is 19.4. The van der Waals surface area contributed by atoms with E-state index in [0.717, 1.165) is 6.07 Å². The summed E-state index contributed by atoms with van der Waals surface area (Å²) in [5.74, 6) is -6.64. The monoisotopic (exact) mass is 438 g/mol. The van der Waals surface area contributed by atoms with Gasteiger partial charge in [0.2, 0.25) is 0 Å². The molecule has 0 saturated carbocycles. The van der Waals surface area contributed by atoms with Gasteiger partial charge in [0.25, 0.3) is 23.8 Å². The fraction of sp³-hybridized carbons (Fsp3) is 0.111. The van der Waals surface area contributed by atoms with Crippen molar-refractivity contribution in [3.8, 4) is 0 Å². The zero-order valence-electron chi connectivity index (χ0n) is 15.0. The fourth-order valence-electron chi connectivity index (χ4n) is 3.30. The lowest BCUT2D eigenvalue weighted by atomic mass is 10.1. The van der Waals surface area contributed by atoms with Crippen LogP contribution < -0.4 is 0 Å². The van der Waals surface area contributed by atoms with Gasteiger partial charge in [0.05, 0.1) is 11.1 Å². The third-order valence-electron chi connectivity index (χ3n) is 4.52. The lowest BCUT2D eigenvalue weighted by molar-refractivity contribution is -0.136. The van der Waals surface area contributed by atoms with Crippen molar-refractivity contribution in [3.63, 3.8) is 0 Å². The molecular weight excluding hydrogens is 433 g/mol. The first-order chi connectivity index (χ1) is 14.5. The number of aryl methyl sites for hydroxylation is 1. The summed E-state index contributed by atoms with van der Waals surface area (Å²) in [6.45, 7) is 1.40. The predicted octanol–water partition coefficient (Wildman–Crippen LogP) is 4.55. The number of nitrogens with zero attached hydrogens (tertiary/aromatic N) is 6. The first-order valence-corrected chi connectivity index (χ1v) is 8.41. The molecule has 0 saturated heterocycles. The van der Waals surface area contributed by atoms with Crippen molar-refractivity contribution >= 4 is 44.1 Å². The van der Waals surface area contributed by atoms with Crippen LogP contribution in [0.4, 0.5) is 30.7 Å². The van der Waals surface area contributed by atoms with Crippen LogP contribution in [0.3, 0.4) is 0 Å². The van der Waals surface area contributed by atoms with Gasteiger partial charge in [-0.1, -0.05) is 0 Å². The molecule has 3 aromatic heterocycles. The Morgan fingerprint density at radius 2 is 0.935 bits per heavy atom. The first kappa shape index (κ1) is 19.2. The molecule has 31 heavy (non-hydrogen) atoms. The van der Waals surface area contributed by atoms with Crippen LogP contribution in [0.15, 0.2) is 12.1 Å². The van der Waals surface area contributed by atoms with Crippen LogP contribution >= 0.6 is 0 Å². The van der Waals surface area contributed by atoms with Crippen molar-refractivity contribution in [3.05, 3.63) is 47.1 Å². The van der Waals surface area contributed by atoms with Crippen LogP contribution in [0.1, 0.15) is 11.1 Å². The zero-order valence-corrected chi connectivity index (χ0v) is 15.0. The number of benzene rings is 2. The summed E-state index contributed by atoms with van der Waals surface area (Å²) in [5, 5.41) is 0. The largest absolute Gasteiger partial charge is 0.418 e. The van der Waals surface area contributed by atoms with Crippen LogP contribution in [0.2, 0.25) is 0 Å². The minimum atomic E-state index is -4.81. The average molecular weight is 438 g/mol. The minimum Gasteiger partial charge on any atom is -0.242 e. The molecule has 13 heteroatoms. The molecule has 0 atom stereocenters. The third kappa shape index (κ3) is 2.79. The Hall–Kier alpha value is -3.77. The molecule has 0 aliphatic rings. The van der Waals surface area contributed by atoms with Crippen molar-refractivity contribution in [2.75, 3.05) is 0 Å². The Morgan fingerprint density at radius 3 is 1.35 bits per heavy atom. The van der Waals surface area contributed by atoms with E-state index in [2.05, 4.69) is 29.9 Å². The van der Waals surface area contributed by atoms with Crippen LogP contribution in [-0.4, -0.2) is 29.9 Å². The highest BCUT2D eigenvalue weighted by molar-refractivity contribution is 6.18. The molecule has 0 fully saturated rings. The van der Waals surface area contributed by atoms with E-state index in [-0.39, 0.29) is 16.6 Å². The second-order valence-corrected chi connectivity index (χ2v) is 6.60. The number of hydrogen-bond acceptors (Lipinski definition) is 6. The maximum Gasteiger partial charge on any atom is 0.418 e. The molecule has 156 valence electrons. The summed E-state index contributed by atoms with van der Waals surface area (Å²) >= 11 is 0. The van der Waals surface area contributed by atoms with E-state index >= 15 is 0 Å². The number of rotatable bonds is 0. The van der Waals surface area contributed by atoms with Crippen LogP contribution in [0, 0.1) is 30.7 Å². The van der Waals surface area contributed by atoms with Crippen LogP contribution in [-0.2, 0) is 6.18 Å². The van der Waals surface area contributed by atoms with Crippen LogP contribution in [0.5, 0.6) is 0 Å². The Balaban J connectivity index is 2.11. The lowest BCUT2D eigenvalue weighted by Gasteiger charge is -2.13. The third-order valence-corrected chi connectivity index (χ3v) is 4.52. The molecule has 0 unspecified atom stereocenters. The van der Waals surface area contributed by atoms with Gasteiger partial charge in [-0.25, -0.2) is 29.9 Å². The highest BCUT2D eigenvalue weighted by Gasteiger charge is 2.34. The van der Waals surface area contributed by atoms with Crippen molar-refractivity contribution in [1.82, 2.24) is 29.9 Å². The predicted molar refractivity (Wildman–Crippen MR) is 92.8 cm³/mol. The van der Waals surface area contributed by atoms with Gasteiger partial charge < -0.3 is 0 Å². The van der Waals surface area contributed by atoms with Crippen molar-refractivity contribution in [2.45, 2.75) is 13.1 Å². The molecule has 0 N–H and O–H groups in total. The van der Waals surface area contributed by atoms with E-state index in [0.29, 0.717) is 0 Å². The van der Waals surface area contributed by atoms with Gasteiger partial charge in [0.15, 0.2) is 0 Å². The first-order valence-electron chi connectivity index (χ1n) is 8.41. The average Bonchev–Trinajstić information content (AvgIpc) is 2.68. The molecule has 5 rings (SSSR count). The number of alkyl halides is 3. The molecule has 0 aliphatic carbocycles. The van der Waals surface area contributed by atoms with Gasteiger partial charge in [0.1, 0.15) is 38.6 Å². The van der Waals surface area contributed by atoms with Crippen molar-refractivity contribution in [2.24, 2.45) is 0 Å². The summed E-state index contributed by atoms with van der Waals surface area (Å²) < 4.78 is 95.7.